The molecule has 18 heavy (non-hydrogen) atoms. The van der Waals surface area contributed by atoms with Crippen LogP contribution in [0.3, 0.4) is 0 Å². The third-order valence-electron chi connectivity index (χ3n) is 2.23. The highest BCUT2D eigenvalue weighted by molar-refractivity contribution is 6.35. The Morgan fingerprint density at radius 3 is 2.11 bits per heavy atom. The molecular weight excluding hydrogens is 276 g/mol. The number of carbonyl (C=O) groups is 1. The second kappa shape index (κ2) is 5.38. The summed E-state index contributed by atoms with van der Waals surface area (Å²) in [4.78, 5) is 11.9. The Morgan fingerprint density at radius 2 is 1.56 bits per heavy atom. The van der Waals surface area contributed by atoms with Gasteiger partial charge in [0.25, 0.3) is 5.91 Å². The van der Waals surface area contributed by atoms with E-state index in [0.717, 1.165) is 0 Å². The molecule has 2 aromatic rings. The molecule has 1 amide bonds. The van der Waals surface area contributed by atoms with E-state index >= 15 is 0 Å². The van der Waals surface area contributed by atoms with E-state index in [-0.39, 0.29) is 11.7 Å². The van der Waals surface area contributed by atoms with Crippen molar-refractivity contribution in [3.8, 4) is 0 Å². The van der Waals surface area contributed by atoms with E-state index in [9.17, 15) is 9.18 Å². The van der Waals surface area contributed by atoms with E-state index in [2.05, 4.69) is 5.32 Å². The van der Waals surface area contributed by atoms with Crippen molar-refractivity contribution in [3.63, 3.8) is 0 Å². The first kappa shape index (κ1) is 12.9. The molecule has 0 aromatic heterocycles. The normalized spacial score (nSPS) is 10.2. The number of rotatable bonds is 2. The van der Waals surface area contributed by atoms with Gasteiger partial charge in [-0.3, -0.25) is 4.79 Å². The van der Waals surface area contributed by atoms with Gasteiger partial charge in [-0.15, -0.1) is 0 Å². The number of benzene rings is 2. The fraction of sp³-hybridized carbons (Fsp3) is 0. The van der Waals surface area contributed by atoms with E-state index in [1.54, 1.807) is 0 Å². The van der Waals surface area contributed by atoms with E-state index in [1.165, 1.54) is 42.5 Å². The van der Waals surface area contributed by atoms with Crippen LogP contribution in [0.25, 0.3) is 0 Å². The van der Waals surface area contributed by atoms with Crippen LogP contribution < -0.4 is 5.32 Å². The molecule has 0 aliphatic carbocycles. The van der Waals surface area contributed by atoms with E-state index in [0.29, 0.717) is 21.3 Å². The van der Waals surface area contributed by atoms with Crippen LogP contribution >= 0.6 is 23.2 Å². The van der Waals surface area contributed by atoms with Gasteiger partial charge >= 0.3 is 0 Å². The van der Waals surface area contributed by atoms with Crippen molar-refractivity contribution in [2.24, 2.45) is 0 Å². The fourth-order valence-electron chi connectivity index (χ4n) is 1.42. The third-order valence-corrected chi connectivity index (χ3v) is 2.66. The highest BCUT2D eigenvalue weighted by Gasteiger charge is 2.08. The van der Waals surface area contributed by atoms with Crippen molar-refractivity contribution in [2.75, 3.05) is 5.32 Å². The Hall–Kier alpha value is -1.58. The van der Waals surface area contributed by atoms with E-state index in [4.69, 9.17) is 23.2 Å². The van der Waals surface area contributed by atoms with Gasteiger partial charge in [0.05, 0.1) is 0 Å². The molecule has 92 valence electrons. The van der Waals surface area contributed by atoms with Crippen molar-refractivity contribution in [1.82, 2.24) is 0 Å². The highest BCUT2D eigenvalue weighted by atomic mass is 35.5. The Balaban J connectivity index is 2.19. The summed E-state index contributed by atoms with van der Waals surface area (Å²) >= 11 is 11.6. The van der Waals surface area contributed by atoms with E-state index < -0.39 is 0 Å². The predicted molar refractivity (Wildman–Crippen MR) is 70.8 cm³/mol. The van der Waals surface area contributed by atoms with Crippen molar-refractivity contribution in [1.29, 1.82) is 0 Å². The zero-order chi connectivity index (χ0) is 13.1. The molecule has 2 rings (SSSR count). The van der Waals surface area contributed by atoms with Crippen LogP contribution in [0, 0.1) is 5.82 Å². The second-order valence-electron chi connectivity index (χ2n) is 3.62. The zero-order valence-corrected chi connectivity index (χ0v) is 10.6. The van der Waals surface area contributed by atoms with Gasteiger partial charge in [0.2, 0.25) is 0 Å². The Bertz CT molecular complexity index is 564. The molecule has 0 saturated carbocycles. The van der Waals surface area contributed by atoms with Gasteiger partial charge in [0.1, 0.15) is 5.82 Å². The molecule has 5 heteroatoms. The van der Waals surface area contributed by atoms with Gasteiger partial charge in [-0.25, -0.2) is 4.39 Å². The van der Waals surface area contributed by atoms with Gasteiger partial charge in [-0.1, -0.05) is 23.2 Å². The molecule has 0 bridgehead atoms. The molecule has 0 unspecified atom stereocenters. The second-order valence-corrected chi connectivity index (χ2v) is 4.49. The Labute approximate surface area is 113 Å². The molecule has 0 heterocycles. The number of halogens is 3. The van der Waals surface area contributed by atoms with Gasteiger partial charge in [0.15, 0.2) is 0 Å². The molecule has 0 aliphatic heterocycles. The molecular formula is C13H8Cl2FNO. The zero-order valence-electron chi connectivity index (χ0n) is 9.08. The van der Waals surface area contributed by atoms with Crippen molar-refractivity contribution in [2.45, 2.75) is 0 Å². The van der Waals surface area contributed by atoms with Crippen molar-refractivity contribution < 1.29 is 9.18 Å². The molecule has 0 saturated heterocycles. The topological polar surface area (TPSA) is 29.1 Å². The SMILES string of the molecule is O=C(Nc1ccc(F)cc1)c1cc(Cl)cc(Cl)c1. The highest BCUT2D eigenvalue weighted by Crippen LogP contribution is 2.20. The minimum atomic E-state index is -0.362. The molecule has 2 nitrogen and oxygen atoms in total. The first-order valence-electron chi connectivity index (χ1n) is 5.07. The summed E-state index contributed by atoms with van der Waals surface area (Å²) < 4.78 is 12.7. The maximum atomic E-state index is 12.7. The van der Waals surface area contributed by atoms with Gasteiger partial charge in [-0.2, -0.15) is 0 Å². The molecule has 0 spiro atoms. The van der Waals surface area contributed by atoms with E-state index in [1.807, 2.05) is 0 Å². The quantitative estimate of drug-likeness (QED) is 0.870. The molecule has 0 fully saturated rings. The lowest BCUT2D eigenvalue weighted by Crippen LogP contribution is -2.11. The first-order valence-corrected chi connectivity index (χ1v) is 5.83. The maximum absolute atomic E-state index is 12.7. The van der Waals surface area contributed by atoms with Gasteiger partial charge < -0.3 is 5.32 Å². The smallest absolute Gasteiger partial charge is 0.255 e. The maximum Gasteiger partial charge on any atom is 0.255 e. The van der Waals surface area contributed by atoms with Crippen LogP contribution in [0.4, 0.5) is 10.1 Å². The summed E-state index contributed by atoms with van der Waals surface area (Å²) in [5, 5.41) is 3.38. The fourth-order valence-corrected chi connectivity index (χ4v) is 1.95. The molecule has 0 atom stereocenters. The van der Waals surface area contributed by atoms with Crippen LogP contribution in [0.2, 0.25) is 10.0 Å². The Morgan fingerprint density at radius 1 is 1.00 bits per heavy atom. The minimum absolute atomic E-state index is 0.344. The van der Waals surface area contributed by atoms with Gasteiger partial charge in [-0.05, 0) is 42.5 Å². The minimum Gasteiger partial charge on any atom is -0.322 e. The summed E-state index contributed by atoms with van der Waals surface area (Å²) in [6, 6.07) is 10.0. The largest absolute Gasteiger partial charge is 0.322 e. The average Bonchev–Trinajstić information content (AvgIpc) is 2.31. The predicted octanol–water partition coefficient (Wildman–Crippen LogP) is 4.38. The number of hydrogen-bond acceptors (Lipinski definition) is 1. The lowest BCUT2D eigenvalue weighted by atomic mass is 10.2. The van der Waals surface area contributed by atoms with Crippen molar-refractivity contribution >= 4 is 34.8 Å². The molecule has 0 aliphatic rings. The Kier molecular flexibility index (Phi) is 3.84. The van der Waals surface area contributed by atoms with Crippen LogP contribution in [0.15, 0.2) is 42.5 Å². The molecule has 1 N–H and O–H groups in total. The number of anilines is 1. The standard InChI is InChI=1S/C13H8Cl2FNO/c14-9-5-8(6-10(15)7-9)13(18)17-12-3-1-11(16)2-4-12/h1-7H,(H,17,18). The molecule has 2 aromatic carbocycles. The van der Waals surface area contributed by atoms with Crippen LogP contribution in [0.5, 0.6) is 0 Å². The summed E-state index contributed by atoms with van der Waals surface area (Å²) in [5.74, 6) is -0.718. The lowest BCUT2D eigenvalue weighted by molar-refractivity contribution is 0.102. The van der Waals surface area contributed by atoms with Crippen LogP contribution in [-0.2, 0) is 0 Å². The van der Waals surface area contributed by atoms with Crippen LogP contribution in [-0.4, -0.2) is 5.91 Å². The average molecular weight is 284 g/mol. The summed E-state index contributed by atoms with van der Waals surface area (Å²) in [6.45, 7) is 0. The summed E-state index contributed by atoms with van der Waals surface area (Å²) in [6.07, 6.45) is 0. The van der Waals surface area contributed by atoms with Crippen LogP contribution in [0.1, 0.15) is 10.4 Å². The van der Waals surface area contributed by atoms with Crippen molar-refractivity contribution in [3.05, 3.63) is 63.9 Å². The number of hydrogen-bond donors (Lipinski definition) is 1. The lowest BCUT2D eigenvalue weighted by Gasteiger charge is -2.06. The van der Waals surface area contributed by atoms with Gasteiger partial charge in [0, 0.05) is 21.3 Å². The number of nitrogens with one attached hydrogen (secondary N) is 1. The monoisotopic (exact) mass is 283 g/mol. The summed E-state index contributed by atoms with van der Waals surface area (Å²) in [5.41, 5.74) is 0.842. The third kappa shape index (κ3) is 3.22. The number of carbonyl (C=O) groups excluding carboxylic acids is 1. The summed E-state index contributed by atoms with van der Waals surface area (Å²) in [7, 11) is 0. The molecule has 0 radical (unpaired) electrons. The first-order chi connectivity index (χ1) is 8.54. The number of amides is 1.